The van der Waals surface area contributed by atoms with Gasteiger partial charge in [0.05, 0.1) is 28.5 Å². The third-order valence-corrected chi connectivity index (χ3v) is 4.81. The molecule has 28 heavy (non-hydrogen) atoms. The van der Waals surface area contributed by atoms with Gasteiger partial charge in [-0.25, -0.2) is 0 Å². The second-order valence-corrected chi connectivity index (χ2v) is 6.99. The van der Waals surface area contributed by atoms with Gasteiger partial charge in [0.15, 0.2) is 5.11 Å². The van der Waals surface area contributed by atoms with Crippen LogP contribution in [0.4, 0.5) is 17.1 Å². The van der Waals surface area contributed by atoms with Crippen LogP contribution in [0.1, 0.15) is 17.0 Å². The Bertz CT molecular complexity index is 1030. The minimum atomic E-state index is -0.444. The maximum absolute atomic E-state index is 10.7. The molecule has 0 saturated heterocycles. The Balaban J connectivity index is 1.72. The molecule has 3 aromatic rings. The van der Waals surface area contributed by atoms with Crippen LogP contribution in [0.25, 0.3) is 0 Å². The Hall–Kier alpha value is -2.97. The summed E-state index contributed by atoms with van der Waals surface area (Å²) >= 11 is 11.6. The van der Waals surface area contributed by atoms with E-state index < -0.39 is 4.92 Å². The third kappa shape index (κ3) is 4.47. The first-order valence-corrected chi connectivity index (χ1v) is 9.23. The van der Waals surface area contributed by atoms with E-state index >= 15 is 0 Å². The normalized spacial score (nSPS) is 10.5. The highest BCUT2D eigenvalue weighted by molar-refractivity contribution is 7.80. The van der Waals surface area contributed by atoms with Crippen molar-refractivity contribution in [2.75, 3.05) is 10.6 Å². The Morgan fingerprint density at radius 3 is 2.50 bits per heavy atom. The fourth-order valence-corrected chi connectivity index (χ4v) is 3.18. The summed E-state index contributed by atoms with van der Waals surface area (Å²) in [4.78, 5) is 10.3. The van der Waals surface area contributed by atoms with Crippen molar-refractivity contribution in [2.24, 2.45) is 0 Å². The zero-order valence-electron chi connectivity index (χ0n) is 15.3. The second-order valence-electron chi connectivity index (χ2n) is 6.18. The predicted octanol–water partition coefficient (Wildman–Crippen LogP) is 4.92. The number of aromatic nitrogens is 2. The molecule has 0 saturated carbocycles. The van der Waals surface area contributed by atoms with Gasteiger partial charge in [-0.1, -0.05) is 29.8 Å². The Labute approximate surface area is 172 Å². The molecule has 0 atom stereocenters. The van der Waals surface area contributed by atoms with E-state index in [1.807, 2.05) is 42.8 Å². The topological polar surface area (TPSA) is 85.0 Å². The largest absolute Gasteiger partial charge is 0.332 e. The first-order chi connectivity index (χ1) is 13.3. The van der Waals surface area contributed by atoms with Crippen molar-refractivity contribution in [3.63, 3.8) is 0 Å². The standard InChI is InChI=1S/C19H18ClN5O2S/c1-12-18(13(2)24(23-12)11-14-5-3-4-6-17(14)20)22-19(28)21-15-7-9-16(10-8-15)25(26)27/h3-10H,11H2,1-2H3,(H2,21,22,28). The van der Waals surface area contributed by atoms with Crippen LogP contribution < -0.4 is 10.6 Å². The second kappa shape index (κ2) is 8.37. The monoisotopic (exact) mass is 415 g/mol. The van der Waals surface area contributed by atoms with Crippen molar-refractivity contribution in [3.8, 4) is 0 Å². The number of rotatable bonds is 5. The van der Waals surface area contributed by atoms with E-state index in [4.69, 9.17) is 23.8 Å². The number of anilines is 2. The molecule has 2 aromatic carbocycles. The van der Waals surface area contributed by atoms with E-state index in [9.17, 15) is 10.1 Å². The number of thiocarbonyl (C=S) groups is 1. The van der Waals surface area contributed by atoms with Crippen molar-refractivity contribution >= 4 is 46.0 Å². The van der Waals surface area contributed by atoms with Crippen molar-refractivity contribution < 1.29 is 4.92 Å². The zero-order chi connectivity index (χ0) is 20.3. The average Bonchev–Trinajstić information content (AvgIpc) is 2.91. The van der Waals surface area contributed by atoms with Gasteiger partial charge in [-0.05, 0) is 49.8 Å². The van der Waals surface area contributed by atoms with E-state index in [1.54, 1.807) is 12.1 Å². The maximum atomic E-state index is 10.7. The molecule has 1 aromatic heterocycles. The molecule has 0 fully saturated rings. The van der Waals surface area contributed by atoms with Crippen molar-refractivity contribution in [2.45, 2.75) is 20.4 Å². The van der Waals surface area contributed by atoms with Gasteiger partial charge in [-0.15, -0.1) is 0 Å². The molecular weight excluding hydrogens is 398 g/mol. The Morgan fingerprint density at radius 2 is 1.86 bits per heavy atom. The van der Waals surface area contributed by atoms with E-state index in [0.29, 0.717) is 22.4 Å². The number of non-ortho nitro benzene ring substituents is 1. The van der Waals surface area contributed by atoms with Gasteiger partial charge in [0.25, 0.3) is 5.69 Å². The predicted molar refractivity (Wildman–Crippen MR) is 115 cm³/mol. The van der Waals surface area contributed by atoms with Crippen LogP contribution in [0.3, 0.4) is 0 Å². The first-order valence-electron chi connectivity index (χ1n) is 8.45. The van der Waals surface area contributed by atoms with Crippen LogP contribution in [0.5, 0.6) is 0 Å². The van der Waals surface area contributed by atoms with E-state index in [-0.39, 0.29) is 5.69 Å². The molecule has 0 aliphatic heterocycles. The number of hydrogen-bond acceptors (Lipinski definition) is 4. The molecule has 7 nitrogen and oxygen atoms in total. The minimum absolute atomic E-state index is 0.0250. The SMILES string of the molecule is Cc1nn(Cc2ccccc2Cl)c(C)c1NC(=S)Nc1ccc([N+](=O)[O-])cc1. The van der Waals surface area contributed by atoms with Crippen LogP contribution in [0.15, 0.2) is 48.5 Å². The molecule has 144 valence electrons. The lowest BCUT2D eigenvalue weighted by atomic mass is 10.2. The summed E-state index contributed by atoms with van der Waals surface area (Å²) in [5.74, 6) is 0. The van der Waals surface area contributed by atoms with Gasteiger partial charge in [0.1, 0.15) is 0 Å². The van der Waals surface area contributed by atoms with Gasteiger partial charge in [-0.2, -0.15) is 5.10 Å². The number of nitrogens with zero attached hydrogens (tertiary/aromatic N) is 3. The first kappa shape index (κ1) is 19.8. The smallest absolute Gasteiger partial charge is 0.269 e. The lowest BCUT2D eigenvalue weighted by molar-refractivity contribution is -0.384. The van der Waals surface area contributed by atoms with Crippen molar-refractivity contribution in [1.82, 2.24) is 9.78 Å². The highest BCUT2D eigenvalue weighted by atomic mass is 35.5. The number of hydrogen-bond donors (Lipinski definition) is 2. The summed E-state index contributed by atoms with van der Waals surface area (Å²) in [6, 6.07) is 13.7. The summed E-state index contributed by atoms with van der Waals surface area (Å²) in [5.41, 5.74) is 4.20. The maximum Gasteiger partial charge on any atom is 0.269 e. The van der Waals surface area contributed by atoms with Gasteiger partial charge >= 0.3 is 0 Å². The summed E-state index contributed by atoms with van der Waals surface area (Å²) in [6.45, 7) is 4.40. The Kier molecular flexibility index (Phi) is 5.91. The third-order valence-electron chi connectivity index (χ3n) is 4.23. The van der Waals surface area contributed by atoms with Gasteiger partial charge in [-0.3, -0.25) is 14.8 Å². The van der Waals surface area contributed by atoms with Crippen LogP contribution in [-0.2, 0) is 6.54 Å². The molecule has 0 unspecified atom stereocenters. The fourth-order valence-electron chi connectivity index (χ4n) is 2.76. The minimum Gasteiger partial charge on any atom is -0.332 e. The summed E-state index contributed by atoms with van der Waals surface area (Å²) < 4.78 is 1.87. The Morgan fingerprint density at radius 1 is 1.18 bits per heavy atom. The summed E-state index contributed by atoms with van der Waals surface area (Å²) in [7, 11) is 0. The van der Waals surface area contributed by atoms with Crippen LogP contribution in [-0.4, -0.2) is 19.8 Å². The quantitative estimate of drug-likeness (QED) is 0.349. The number of nitro benzene ring substituents is 1. The number of nitrogens with one attached hydrogen (secondary N) is 2. The van der Waals surface area contributed by atoms with Crippen molar-refractivity contribution in [3.05, 3.63) is 80.6 Å². The molecule has 0 bridgehead atoms. The van der Waals surface area contributed by atoms with Crippen molar-refractivity contribution in [1.29, 1.82) is 0 Å². The highest BCUT2D eigenvalue weighted by Gasteiger charge is 2.14. The average molecular weight is 416 g/mol. The molecule has 2 N–H and O–H groups in total. The van der Waals surface area contributed by atoms with E-state index in [1.165, 1.54) is 12.1 Å². The molecule has 0 radical (unpaired) electrons. The van der Waals surface area contributed by atoms with Gasteiger partial charge < -0.3 is 10.6 Å². The number of nitro groups is 1. The van der Waals surface area contributed by atoms with Crippen LogP contribution >= 0.6 is 23.8 Å². The highest BCUT2D eigenvalue weighted by Crippen LogP contribution is 2.23. The fraction of sp³-hybridized carbons (Fsp3) is 0.158. The lowest BCUT2D eigenvalue weighted by Gasteiger charge is -2.11. The molecule has 0 spiro atoms. The van der Waals surface area contributed by atoms with Crippen LogP contribution in [0.2, 0.25) is 5.02 Å². The summed E-state index contributed by atoms with van der Waals surface area (Å²) in [5, 5.41) is 22.5. The molecule has 1 heterocycles. The molecule has 0 aliphatic rings. The number of aryl methyl sites for hydroxylation is 1. The molecular formula is C19H18ClN5O2S. The molecule has 0 aliphatic carbocycles. The van der Waals surface area contributed by atoms with Gasteiger partial charge in [0, 0.05) is 22.8 Å². The summed E-state index contributed by atoms with van der Waals surface area (Å²) in [6.07, 6.45) is 0. The van der Waals surface area contributed by atoms with Crippen LogP contribution in [0, 0.1) is 24.0 Å². The lowest BCUT2D eigenvalue weighted by Crippen LogP contribution is -2.20. The molecule has 3 rings (SSSR count). The van der Waals surface area contributed by atoms with Gasteiger partial charge in [0.2, 0.25) is 0 Å². The number of halogens is 1. The van der Waals surface area contributed by atoms with E-state index in [2.05, 4.69) is 15.7 Å². The zero-order valence-corrected chi connectivity index (χ0v) is 16.8. The molecule has 0 amide bonds. The number of benzene rings is 2. The van der Waals surface area contributed by atoms with E-state index in [0.717, 1.165) is 22.6 Å². The molecule has 9 heteroatoms.